The number of fused-ring (bicyclic) bond motifs is 3. The number of phenols is 1. The number of carbonyl (C=O) groups is 4. The Morgan fingerprint density at radius 2 is 1.67 bits per heavy atom. The number of phenolic OH excluding ortho intramolecular Hbond substituents is 1. The van der Waals surface area contributed by atoms with E-state index in [1.165, 1.54) is 11.0 Å². The number of benzene rings is 2. The van der Waals surface area contributed by atoms with Crippen LogP contribution in [0, 0.1) is 11.8 Å². The van der Waals surface area contributed by atoms with Crippen molar-refractivity contribution in [2.24, 2.45) is 17.6 Å². The molecule has 0 fully saturated rings. The first-order chi connectivity index (χ1) is 20.2. The summed E-state index contributed by atoms with van der Waals surface area (Å²) in [5.74, 6) is -7.75. The molecule has 0 saturated carbocycles. The van der Waals surface area contributed by atoms with Crippen LogP contribution in [0.25, 0.3) is 0 Å². The number of carbonyl (C=O) groups excluding carboxylic acids is 4. The Hall–Kier alpha value is -4.52. The first-order valence-corrected chi connectivity index (χ1v) is 13.7. The van der Waals surface area contributed by atoms with E-state index < -0.39 is 75.7 Å². The number of aliphatic hydroxyl groups is 3. The summed E-state index contributed by atoms with van der Waals surface area (Å²) in [7, 11) is 6.60. The van der Waals surface area contributed by atoms with Gasteiger partial charge in [-0.15, -0.1) is 0 Å². The van der Waals surface area contributed by atoms with Crippen molar-refractivity contribution in [3.63, 3.8) is 0 Å². The molecule has 0 bridgehead atoms. The van der Waals surface area contributed by atoms with Gasteiger partial charge in [0.1, 0.15) is 23.1 Å². The molecule has 2 aromatic rings. The van der Waals surface area contributed by atoms with E-state index in [1.807, 2.05) is 6.07 Å². The van der Waals surface area contributed by atoms with Crippen LogP contribution in [0.5, 0.6) is 5.75 Å². The van der Waals surface area contributed by atoms with E-state index in [9.17, 15) is 39.6 Å². The SMILES string of the molecule is CN(C)C(C(=O)Nc1ccc2c(c1O)C(=O)C1=C(O)[C@]3(O)C(=O)C(C(N)=O)=C(O)[C@@H](N(C)C)C3CC1C2)c1ccccc1. The molecule has 2 aromatic carbocycles. The van der Waals surface area contributed by atoms with Crippen molar-refractivity contribution in [1.29, 1.82) is 0 Å². The number of aromatic hydroxyl groups is 1. The van der Waals surface area contributed by atoms with E-state index in [0.29, 0.717) is 11.1 Å². The number of aliphatic hydroxyl groups excluding tert-OH is 2. The highest BCUT2D eigenvalue weighted by atomic mass is 16.3. The fourth-order valence-electron chi connectivity index (χ4n) is 6.85. The molecule has 2 amide bonds. The van der Waals surface area contributed by atoms with E-state index in [4.69, 9.17) is 5.73 Å². The van der Waals surface area contributed by atoms with E-state index in [1.54, 1.807) is 63.4 Å². The first-order valence-electron chi connectivity index (χ1n) is 13.7. The second-order valence-electron chi connectivity index (χ2n) is 11.7. The predicted molar refractivity (Wildman–Crippen MR) is 155 cm³/mol. The summed E-state index contributed by atoms with van der Waals surface area (Å²) in [6, 6.07) is 10.3. The molecule has 0 heterocycles. The summed E-state index contributed by atoms with van der Waals surface area (Å²) >= 11 is 0. The van der Waals surface area contributed by atoms with Gasteiger partial charge in [-0.3, -0.25) is 29.0 Å². The molecule has 0 spiro atoms. The monoisotopic (exact) mass is 590 g/mol. The van der Waals surface area contributed by atoms with Crippen molar-refractivity contribution in [3.8, 4) is 5.75 Å². The van der Waals surface area contributed by atoms with Crippen molar-refractivity contribution in [2.75, 3.05) is 33.5 Å². The Balaban J connectivity index is 1.56. The molecule has 0 aromatic heterocycles. The average Bonchev–Trinajstić information content (AvgIpc) is 2.92. The highest BCUT2D eigenvalue weighted by molar-refractivity contribution is 6.25. The lowest BCUT2D eigenvalue weighted by molar-refractivity contribution is -0.148. The first kappa shape index (κ1) is 30.0. The van der Waals surface area contributed by atoms with Crippen LogP contribution in [0.4, 0.5) is 5.69 Å². The minimum absolute atomic E-state index is 0.00734. The van der Waals surface area contributed by atoms with Gasteiger partial charge in [-0.1, -0.05) is 36.4 Å². The third kappa shape index (κ3) is 4.49. The van der Waals surface area contributed by atoms with Crippen LogP contribution in [-0.2, 0) is 20.8 Å². The van der Waals surface area contributed by atoms with Gasteiger partial charge < -0.3 is 31.5 Å². The van der Waals surface area contributed by atoms with Crippen LogP contribution >= 0.6 is 0 Å². The van der Waals surface area contributed by atoms with Crippen LogP contribution in [0.3, 0.4) is 0 Å². The highest BCUT2D eigenvalue weighted by Crippen LogP contribution is 2.52. The van der Waals surface area contributed by atoms with Gasteiger partial charge in [-0.25, -0.2) is 0 Å². The van der Waals surface area contributed by atoms with Gasteiger partial charge in [0.05, 0.1) is 17.3 Å². The summed E-state index contributed by atoms with van der Waals surface area (Å²) in [5.41, 5.74) is 2.46. The van der Waals surface area contributed by atoms with E-state index in [-0.39, 0.29) is 29.7 Å². The molecule has 0 radical (unpaired) electrons. The largest absolute Gasteiger partial charge is 0.510 e. The molecule has 0 saturated heterocycles. The molecule has 12 nitrogen and oxygen atoms in total. The standard InChI is InChI=1S/C31H34N4O8/c1-34(2)22(14-8-6-5-7-9-14)30(42)33-18-11-10-15-12-16-13-17-23(35(3)4)26(38)21(29(32)41)28(40)31(17,43)27(39)20(16)25(37)19(15)24(18)36/h5-11,16-17,22-23,36,38-39,43H,12-13H2,1-4H3,(H2,32,41)(H,33,42)/t16?,17?,22?,23-,31-/m0/s1. The maximum absolute atomic E-state index is 13.9. The number of Topliss-reactive ketones (excluding diaryl/α,β-unsaturated/α-hetero) is 2. The van der Waals surface area contributed by atoms with Gasteiger partial charge >= 0.3 is 0 Å². The van der Waals surface area contributed by atoms with Gasteiger partial charge in [0.15, 0.2) is 17.1 Å². The van der Waals surface area contributed by atoms with Crippen LogP contribution in [0.2, 0.25) is 0 Å². The molecular formula is C31H34N4O8. The number of likely N-dealkylation sites (N-methyl/N-ethyl adjacent to an activating group) is 2. The quantitative estimate of drug-likeness (QED) is 0.211. The third-order valence-electron chi connectivity index (χ3n) is 8.73. The number of nitrogens with one attached hydrogen (secondary N) is 1. The Kier molecular flexibility index (Phi) is 7.41. The molecule has 0 aliphatic heterocycles. The lowest BCUT2D eigenvalue weighted by atomic mass is 9.58. The number of hydrogen-bond acceptors (Lipinski definition) is 10. The minimum Gasteiger partial charge on any atom is -0.510 e. The number of amides is 2. The van der Waals surface area contributed by atoms with Crippen LogP contribution in [0.15, 0.2) is 65.1 Å². The number of allylic oxidation sites excluding steroid dienone is 1. The molecule has 3 aliphatic rings. The van der Waals surface area contributed by atoms with Crippen LogP contribution < -0.4 is 11.1 Å². The van der Waals surface area contributed by atoms with Crippen LogP contribution in [-0.4, -0.2) is 93.4 Å². The summed E-state index contributed by atoms with van der Waals surface area (Å²) in [6.07, 6.45) is 0.146. The van der Waals surface area contributed by atoms with Gasteiger partial charge in [-0.05, 0) is 64.1 Å². The third-order valence-corrected chi connectivity index (χ3v) is 8.73. The number of ketones is 2. The summed E-state index contributed by atoms with van der Waals surface area (Å²) in [6.45, 7) is 0. The van der Waals surface area contributed by atoms with Gasteiger partial charge in [0, 0.05) is 11.5 Å². The lowest BCUT2D eigenvalue weighted by Crippen LogP contribution is -2.63. The average molecular weight is 591 g/mol. The zero-order chi connectivity index (χ0) is 31.5. The van der Waals surface area contributed by atoms with Crippen molar-refractivity contribution >= 4 is 29.1 Å². The number of nitrogens with two attached hydrogens (primary N) is 1. The Labute approximate surface area is 247 Å². The number of primary amides is 1. The zero-order valence-electron chi connectivity index (χ0n) is 24.2. The van der Waals surface area contributed by atoms with Gasteiger partial charge in [-0.2, -0.15) is 0 Å². The zero-order valence-corrected chi connectivity index (χ0v) is 24.2. The smallest absolute Gasteiger partial charge is 0.255 e. The fourth-order valence-corrected chi connectivity index (χ4v) is 6.85. The van der Waals surface area contributed by atoms with Crippen molar-refractivity contribution in [1.82, 2.24) is 9.80 Å². The maximum Gasteiger partial charge on any atom is 0.255 e. The molecule has 7 N–H and O–H groups in total. The van der Waals surface area contributed by atoms with Gasteiger partial charge in [0.2, 0.25) is 11.7 Å². The number of hydrogen-bond donors (Lipinski definition) is 6. The molecule has 3 aliphatic carbocycles. The van der Waals surface area contributed by atoms with Crippen molar-refractivity contribution in [2.45, 2.75) is 30.5 Å². The minimum atomic E-state index is -2.72. The molecule has 3 unspecified atom stereocenters. The lowest BCUT2D eigenvalue weighted by Gasteiger charge is -2.50. The van der Waals surface area contributed by atoms with E-state index in [0.717, 1.165) is 0 Å². The van der Waals surface area contributed by atoms with Crippen LogP contribution in [0.1, 0.15) is 33.9 Å². The molecule has 5 rings (SSSR count). The van der Waals surface area contributed by atoms with E-state index >= 15 is 0 Å². The summed E-state index contributed by atoms with van der Waals surface area (Å²) in [5, 5.41) is 47.9. The topological polar surface area (TPSA) is 194 Å². The predicted octanol–water partition coefficient (Wildman–Crippen LogP) is 1.36. The van der Waals surface area contributed by atoms with Crippen molar-refractivity contribution in [3.05, 3.63) is 81.8 Å². The summed E-state index contributed by atoms with van der Waals surface area (Å²) < 4.78 is 0. The molecule has 226 valence electrons. The second-order valence-corrected chi connectivity index (χ2v) is 11.7. The summed E-state index contributed by atoms with van der Waals surface area (Å²) in [4.78, 5) is 56.0. The maximum atomic E-state index is 13.9. The number of rotatable bonds is 6. The number of nitrogens with zero attached hydrogens (tertiary/aromatic N) is 2. The highest BCUT2D eigenvalue weighted by Gasteiger charge is 2.63. The fraction of sp³-hybridized carbons (Fsp3) is 0.355. The second kappa shape index (κ2) is 10.6. The molecule has 5 atom stereocenters. The van der Waals surface area contributed by atoms with Gasteiger partial charge in [0.25, 0.3) is 5.91 Å². The Morgan fingerprint density at radius 1 is 1.02 bits per heavy atom. The van der Waals surface area contributed by atoms with Crippen molar-refractivity contribution < 1.29 is 39.6 Å². The molecule has 43 heavy (non-hydrogen) atoms. The molecule has 12 heteroatoms. The molecular weight excluding hydrogens is 556 g/mol. The Morgan fingerprint density at radius 3 is 2.26 bits per heavy atom. The van der Waals surface area contributed by atoms with E-state index in [2.05, 4.69) is 5.32 Å². The number of anilines is 1. The normalized spacial score (nSPS) is 25.8. The Bertz CT molecular complexity index is 1610.